The summed E-state index contributed by atoms with van der Waals surface area (Å²) in [4.78, 5) is 46.9. The van der Waals surface area contributed by atoms with E-state index in [4.69, 9.17) is 16.3 Å². The standard InChI is InChI=1S/C26H29ClN4O4S2/c1-26(2,3)35-25(34)15-7-8-16(13-28-22(32)19-9-10-21(27)36-19)18(12-15)29-23(33)24-30-17-6-5-11-31(4)14-20(17)37-24/h7-10,12H,5-6,11,13-14H2,1-4H3,(H,28,32)(H,29,33). The van der Waals surface area contributed by atoms with E-state index in [2.05, 4.69) is 27.6 Å². The molecule has 2 N–H and O–H groups in total. The van der Waals surface area contributed by atoms with Gasteiger partial charge in [0.05, 0.1) is 20.5 Å². The summed E-state index contributed by atoms with van der Waals surface area (Å²) >= 11 is 8.52. The van der Waals surface area contributed by atoms with E-state index >= 15 is 0 Å². The van der Waals surface area contributed by atoms with Gasteiger partial charge < -0.3 is 20.3 Å². The molecule has 1 aliphatic rings. The second-order valence-electron chi connectivity index (χ2n) is 9.84. The molecule has 196 valence electrons. The van der Waals surface area contributed by atoms with E-state index in [1.807, 2.05) is 0 Å². The molecule has 0 saturated heterocycles. The third-order valence-corrected chi connectivity index (χ3v) is 7.88. The van der Waals surface area contributed by atoms with Crippen LogP contribution in [-0.4, -0.2) is 46.9 Å². The first kappa shape index (κ1) is 27.3. The molecule has 1 aromatic carbocycles. The summed E-state index contributed by atoms with van der Waals surface area (Å²) in [7, 11) is 2.06. The van der Waals surface area contributed by atoms with Gasteiger partial charge >= 0.3 is 5.97 Å². The van der Waals surface area contributed by atoms with Crippen LogP contribution in [0.4, 0.5) is 5.69 Å². The number of ether oxygens (including phenoxy) is 1. The first-order valence-electron chi connectivity index (χ1n) is 11.9. The van der Waals surface area contributed by atoms with Crippen molar-refractivity contribution < 1.29 is 19.1 Å². The van der Waals surface area contributed by atoms with Crippen LogP contribution in [0.2, 0.25) is 4.34 Å². The van der Waals surface area contributed by atoms with Crippen molar-refractivity contribution in [3.05, 3.63) is 66.3 Å². The van der Waals surface area contributed by atoms with Gasteiger partial charge in [-0.15, -0.1) is 22.7 Å². The summed E-state index contributed by atoms with van der Waals surface area (Å²) in [6.07, 6.45) is 1.83. The van der Waals surface area contributed by atoms with Crippen LogP contribution >= 0.6 is 34.3 Å². The van der Waals surface area contributed by atoms with Crippen molar-refractivity contribution in [3.63, 3.8) is 0 Å². The van der Waals surface area contributed by atoms with E-state index in [9.17, 15) is 14.4 Å². The number of hydrogen-bond acceptors (Lipinski definition) is 8. The van der Waals surface area contributed by atoms with Crippen LogP contribution < -0.4 is 10.6 Å². The minimum absolute atomic E-state index is 0.137. The number of esters is 1. The number of halogens is 1. The summed E-state index contributed by atoms with van der Waals surface area (Å²) in [6, 6.07) is 8.20. The Morgan fingerprint density at radius 2 is 1.92 bits per heavy atom. The maximum absolute atomic E-state index is 13.2. The Balaban J connectivity index is 1.57. The predicted octanol–water partition coefficient (Wildman–Crippen LogP) is 5.37. The molecule has 0 aliphatic carbocycles. The molecule has 1 aliphatic heterocycles. The second kappa shape index (κ2) is 11.3. The molecular formula is C26H29ClN4O4S2. The maximum Gasteiger partial charge on any atom is 0.338 e. The fourth-order valence-electron chi connectivity index (χ4n) is 3.83. The summed E-state index contributed by atoms with van der Waals surface area (Å²) in [5.41, 5.74) is 1.63. The van der Waals surface area contributed by atoms with Crippen molar-refractivity contribution in [2.24, 2.45) is 0 Å². The first-order chi connectivity index (χ1) is 17.5. The Bertz CT molecular complexity index is 1330. The fraction of sp³-hybridized carbons (Fsp3) is 0.385. The Hall–Kier alpha value is -2.79. The number of benzene rings is 1. The van der Waals surface area contributed by atoms with Crippen LogP contribution in [0.25, 0.3) is 0 Å². The average Bonchev–Trinajstić information content (AvgIpc) is 3.39. The van der Waals surface area contributed by atoms with E-state index in [0.717, 1.165) is 36.5 Å². The van der Waals surface area contributed by atoms with Crippen LogP contribution in [0, 0.1) is 0 Å². The molecule has 0 fully saturated rings. The lowest BCUT2D eigenvalue weighted by Crippen LogP contribution is -2.25. The third-order valence-electron chi connectivity index (χ3n) is 5.57. The van der Waals surface area contributed by atoms with E-state index in [1.54, 1.807) is 51.1 Å². The molecule has 0 unspecified atom stereocenters. The number of rotatable bonds is 6. The number of thiophene rings is 1. The highest BCUT2D eigenvalue weighted by Crippen LogP contribution is 2.27. The van der Waals surface area contributed by atoms with E-state index in [0.29, 0.717) is 31.0 Å². The summed E-state index contributed by atoms with van der Waals surface area (Å²) in [5.74, 6) is -1.14. The van der Waals surface area contributed by atoms with Gasteiger partial charge in [-0.3, -0.25) is 9.59 Å². The molecule has 2 amide bonds. The van der Waals surface area contributed by atoms with Crippen molar-refractivity contribution in [1.29, 1.82) is 0 Å². The smallest absolute Gasteiger partial charge is 0.338 e. The number of carbonyl (C=O) groups excluding carboxylic acids is 3. The highest BCUT2D eigenvalue weighted by Gasteiger charge is 2.23. The summed E-state index contributed by atoms with van der Waals surface area (Å²) in [5, 5.41) is 6.12. The predicted molar refractivity (Wildman–Crippen MR) is 147 cm³/mol. The second-order valence-corrected chi connectivity index (χ2v) is 12.6. The monoisotopic (exact) mass is 560 g/mol. The number of aryl methyl sites for hydroxylation is 1. The van der Waals surface area contributed by atoms with Gasteiger partial charge in [0.1, 0.15) is 5.60 Å². The van der Waals surface area contributed by atoms with Crippen LogP contribution in [0.5, 0.6) is 0 Å². The zero-order valence-electron chi connectivity index (χ0n) is 21.1. The lowest BCUT2D eigenvalue weighted by Gasteiger charge is -2.20. The number of aromatic nitrogens is 1. The number of thiazole rings is 1. The van der Waals surface area contributed by atoms with Crippen LogP contribution in [0.3, 0.4) is 0 Å². The van der Waals surface area contributed by atoms with Gasteiger partial charge in [-0.1, -0.05) is 17.7 Å². The Labute approximate surface area is 229 Å². The van der Waals surface area contributed by atoms with E-state index in [-0.39, 0.29) is 18.4 Å². The summed E-state index contributed by atoms with van der Waals surface area (Å²) < 4.78 is 6.02. The largest absolute Gasteiger partial charge is 0.456 e. The molecule has 8 nitrogen and oxygen atoms in total. The van der Waals surface area contributed by atoms with Crippen LogP contribution in [0.15, 0.2) is 30.3 Å². The molecule has 0 spiro atoms. The number of carbonyl (C=O) groups is 3. The van der Waals surface area contributed by atoms with Crippen molar-refractivity contribution in [1.82, 2.24) is 15.2 Å². The quantitative estimate of drug-likeness (QED) is 0.393. The third kappa shape index (κ3) is 7.16. The first-order valence-corrected chi connectivity index (χ1v) is 13.9. The van der Waals surface area contributed by atoms with Gasteiger partial charge in [0.2, 0.25) is 0 Å². The number of nitrogens with zero attached hydrogens (tertiary/aromatic N) is 2. The zero-order valence-corrected chi connectivity index (χ0v) is 23.5. The van der Waals surface area contributed by atoms with E-state index < -0.39 is 11.6 Å². The highest BCUT2D eigenvalue weighted by atomic mass is 35.5. The van der Waals surface area contributed by atoms with Crippen molar-refractivity contribution in [2.75, 3.05) is 18.9 Å². The van der Waals surface area contributed by atoms with Crippen molar-refractivity contribution in [3.8, 4) is 0 Å². The van der Waals surface area contributed by atoms with Gasteiger partial charge in [-0.2, -0.15) is 0 Å². The van der Waals surface area contributed by atoms with Gasteiger partial charge in [0.15, 0.2) is 5.01 Å². The minimum atomic E-state index is -0.666. The Morgan fingerprint density at radius 3 is 2.62 bits per heavy atom. The summed E-state index contributed by atoms with van der Waals surface area (Å²) in [6.45, 7) is 7.26. The molecule has 11 heteroatoms. The number of amides is 2. The molecule has 0 radical (unpaired) electrons. The van der Waals surface area contributed by atoms with Gasteiger partial charge in [-0.05, 0) is 77.0 Å². The minimum Gasteiger partial charge on any atom is -0.456 e. The van der Waals surface area contributed by atoms with Crippen LogP contribution in [-0.2, 0) is 24.2 Å². The lowest BCUT2D eigenvalue weighted by molar-refractivity contribution is 0.00692. The molecule has 37 heavy (non-hydrogen) atoms. The van der Waals surface area contributed by atoms with Gasteiger partial charge in [0, 0.05) is 23.7 Å². The van der Waals surface area contributed by atoms with Crippen molar-refractivity contribution in [2.45, 2.75) is 52.3 Å². The topological polar surface area (TPSA) is 101 Å². The average molecular weight is 561 g/mol. The number of hydrogen-bond donors (Lipinski definition) is 2. The van der Waals surface area contributed by atoms with Crippen molar-refractivity contribution >= 4 is 57.7 Å². The molecular weight excluding hydrogens is 532 g/mol. The lowest BCUT2D eigenvalue weighted by atomic mass is 10.1. The van der Waals surface area contributed by atoms with Gasteiger partial charge in [-0.25, -0.2) is 9.78 Å². The Kier molecular flexibility index (Phi) is 8.33. The molecule has 3 aromatic rings. The molecule has 0 atom stereocenters. The van der Waals surface area contributed by atoms with Gasteiger partial charge in [0.25, 0.3) is 11.8 Å². The highest BCUT2D eigenvalue weighted by molar-refractivity contribution is 7.18. The molecule has 4 rings (SSSR count). The number of anilines is 1. The normalized spacial score (nSPS) is 14.0. The molecule has 2 aromatic heterocycles. The SMILES string of the molecule is CN1CCCc2nc(C(=O)Nc3cc(C(=O)OC(C)(C)C)ccc3CNC(=O)c3ccc(Cl)s3)sc2C1. The van der Waals surface area contributed by atoms with E-state index in [1.165, 1.54) is 22.7 Å². The maximum atomic E-state index is 13.2. The Morgan fingerprint density at radius 1 is 1.14 bits per heavy atom. The molecule has 0 bridgehead atoms. The molecule has 0 saturated carbocycles. The fourth-order valence-corrected chi connectivity index (χ4v) is 5.87. The zero-order chi connectivity index (χ0) is 26.7. The van der Waals surface area contributed by atoms with Crippen LogP contribution in [0.1, 0.15) is 73.2 Å². The number of nitrogens with one attached hydrogen (secondary N) is 2. The number of fused-ring (bicyclic) bond motifs is 1. The molecule has 3 heterocycles.